The van der Waals surface area contributed by atoms with Crippen molar-refractivity contribution in [1.82, 2.24) is 9.80 Å². The smallest absolute Gasteiger partial charge is 0.262 e. The molecule has 0 aliphatic carbocycles. The number of benzene rings is 2. The zero-order chi connectivity index (χ0) is 18.7. The summed E-state index contributed by atoms with van der Waals surface area (Å²) in [5.41, 5.74) is 0.625. The van der Waals surface area contributed by atoms with Crippen LogP contribution in [0.4, 0.5) is 4.39 Å². The van der Waals surface area contributed by atoms with E-state index in [1.54, 1.807) is 31.3 Å². The lowest BCUT2D eigenvalue weighted by atomic mass is 10.1. The predicted octanol–water partition coefficient (Wildman–Crippen LogP) is 1.96. The maximum absolute atomic E-state index is 12.8. The Kier molecular flexibility index (Phi) is 4.97. The van der Waals surface area contributed by atoms with E-state index in [-0.39, 0.29) is 31.4 Å². The number of likely N-dealkylation sites (N-methyl/N-ethyl adjacent to an activating group) is 1. The number of carbonyl (C=O) groups excluding carboxylic acids is 3. The summed E-state index contributed by atoms with van der Waals surface area (Å²) < 4.78 is 18.3. The van der Waals surface area contributed by atoms with Gasteiger partial charge in [0, 0.05) is 7.05 Å². The number of ether oxygens (including phenoxy) is 1. The van der Waals surface area contributed by atoms with E-state index in [4.69, 9.17) is 4.74 Å². The van der Waals surface area contributed by atoms with E-state index < -0.39 is 11.8 Å². The van der Waals surface area contributed by atoms with Crippen LogP contribution in [-0.2, 0) is 4.79 Å². The first-order valence-electron chi connectivity index (χ1n) is 8.05. The largest absolute Gasteiger partial charge is 0.492 e. The molecule has 0 saturated carbocycles. The second-order valence-corrected chi connectivity index (χ2v) is 5.86. The standard InChI is InChI=1S/C19H17FN2O4/c1-21(10-11-26-14-8-6-13(20)7-9-14)17(23)12-22-18(24)15-4-2-3-5-16(15)19(22)25/h2-9H,10-12H2,1H3. The summed E-state index contributed by atoms with van der Waals surface area (Å²) in [7, 11) is 1.56. The Hall–Kier alpha value is -3.22. The summed E-state index contributed by atoms with van der Waals surface area (Å²) in [4.78, 5) is 39.2. The van der Waals surface area contributed by atoms with Crippen molar-refractivity contribution in [2.45, 2.75) is 0 Å². The first-order valence-corrected chi connectivity index (χ1v) is 8.05. The number of nitrogens with zero attached hydrogens (tertiary/aromatic N) is 2. The molecule has 2 aromatic rings. The van der Waals surface area contributed by atoms with Gasteiger partial charge in [-0.15, -0.1) is 0 Å². The lowest BCUT2D eigenvalue weighted by Gasteiger charge is -2.20. The van der Waals surface area contributed by atoms with Crippen LogP contribution < -0.4 is 4.74 Å². The molecule has 2 aromatic carbocycles. The number of amides is 3. The van der Waals surface area contributed by atoms with Gasteiger partial charge in [-0.2, -0.15) is 0 Å². The second kappa shape index (κ2) is 7.35. The van der Waals surface area contributed by atoms with Crippen LogP contribution in [0.25, 0.3) is 0 Å². The molecule has 0 spiro atoms. The van der Waals surface area contributed by atoms with Gasteiger partial charge in [-0.3, -0.25) is 19.3 Å². The highest BCUT2D eigenvalue weighted by atomic mass is 19.1. The average molecular weight is 356 g/mol. The van der Waals surface area contributed by atoms with E-state index in [1.165, 1.54) is 29.2 Å². The molecular weight excluding hydrogens is 339 g/mol. The summed E-state index contributed by atoms with van der Waals surface area (Å²) in [6.07, 6.45) is 0. The van der Waals surface area contributed by atoms with Gasteiger partial charge in [-0.25, -0.2) is 4.39 Å². The third-order valence-electron chi connectivity index (χ3n) is 4.11. The van der Waals surface area contributed by atoms with Crippen LogP contribution in [-0.4, -0.2) is 54.3 Å². The topological polar surface area (TPSA) is 66.9 Å². The Morgan fingerprint density at radius 2 is 1.62 bits per heavy atom. The minimum Gasteiger partial charge on any atom is -0.492 e. The maximum atomic E-state index is 12.8. The van der Waals surface area contributed by atoms with Crippen LogP contribution in [0.1, 0.15) is 20.7 Å². The lowest BCUT2D eigenvalue weighted by Crippen LogP contribution is -2.42. The summed E-state index contributed by atoms with van der Waals surface area (Å²) >= 11 is 0. The van der Waals surface area contributed by atoms with E-state index in [1.807, 2.05) is 0 Å². The van der Waals surface area contributed by atoms with Gasteiger partial charge >= 0.3 is 0 Å². The van der Waals surface area contributed by atoms with Gasteiger partial charge in [-0.1, -0.05) is 12.1 Å². The SMILES string of the molecule is CN(CCOc1ccc(F)cc1)C(=O)CN1C(=O)c2ccccc2C1=O. The number of carbonyl (C=O) groups is 3. The maximum Gasteiger partial charge on any atom is 0.262 e. The fourth-order valence-corrected chi connectivity index (χ4v) is 2.59. The van der Waals surface area contributed by atoms with Gasteiger partial charge in [0.25, 0.3) is 11.8 Å². The molecule has 0 radical (unpaired) electrons. The fourth-order valence-electron chi connectivity index (χ4n) is 2.59. The van der Waals surface area contributed by atoms with E-state index >= 15 is 0 Å². The predicted molar refractivity (Wildman–Crippen MR) is 91.3 cm³/mol. The molecule has 7 heteroatoms. The molecule has 0 N–H and O–H groups in total. The van der Waals surface area contributed by atoms with Crippen molar-refractivity contribution in [3.05, 3.63) is 65.5 Å². The number of hydrogen-bond donors (Lipinski definition) is 0. The number of hydrogen-bond acceptors (Lipinski definition) is 4. The normalized spacial score (nSPS) is 12.9. The molecule has 1 aliphatic heterocycles. The van der Waals surface area contributed by atoms with Gasteiger partial charge in [0.1, 0.15) is 24.7 Å². The Morgan fingerprint density at radius 3 is 2.19 bits per heavy atom. The highest BCUT2D eigenvalue weighted by Crippen LogP contribution is 2.22. The molecule has 3 amide bonds. The van der Waals surface area contributed by atoms with Crippen molar-refractivity contribution in [2.75, 3.05) is 26.7 Å². The number of rotatable bonds is 6. The molecule has 0 atom stereocenters. The molecule has 134 valence electrons. The van der Waals surface area contributed by atoms with Crippen LogP contribution in [0, 0.1) is 5.82 Å². The average Bonchev–Trinajstić information content (AvgIpc) is 2.88. The summed E-state index contributed by atoms with van der Waals surface area (Å²) in [5, 5.41) is 0. The highest BCUT2D eigenvalue weighted by Gasteiger charge is 2.36. The molecule has 0 bridgehead atoms. The molecule has 0 saturated heterocycles. The molecule has 0 fully saturated rings. The number of fused-ring (bicyclic) bond motifs is 1. The molecule has 26 heavy (non-hydrogen) atoms. The second-order valence-electron chi connectivity index (χ2n) is 5.86. The van der Waals surface area contributed by atoms with Crippen LogP contribution in [0.3, 0.4) is 0 Å². The molecule has 3 rings (SSSR count). The van der Waals surface area contributed by atoms with Crippen LogP contribution in [0.5, 0.6) is 5.75 Å². The lowest BCUT2D eigenvalue weighted by molar-refractivity contribution is -0.130. The van der Waals surface area contributed by atoms with Crippen LogP contribution in [0.2, 0.25) is 0 Å². The monoisotopic (exact) mass is 356 g/mol. The summed E-state index contributed by atoms with van der Waals surface area (Å²) in [5.74, 6) is -1.16. The number of imide groups is 1. The first kappa shape index (κ1) is 17.6. The van der Waals surface area contributed by atoms with Crippen molar-refractivity contribution in [3.63, 3.8) is 0 Å². The van der Waals surface area contributed by atoms with E-state index in [0.29, 0.717) is 16.9 Å². The molecule has 1 heterocycles. The van der Waals surface area contributed by atoms with E-state index in [2.05, 4.69) is 0 Å². The Bertz CT molecular complexity index is 816. The van der Waals surface area contributed by atoms with Crippen LogP contribution >= 0.6 is 0 Å². The highest BCUT2D eigenvalue weighted by molar-refractivity contribution is 6.22. The summed E-state index contributed by atoms with van der Waals surface area (Å²) in [6, 6.07) is 12.0. The number of halogens is 1. The third-order valence-corrected chi connectivity index (χ3v) is 4.11. The first-order chi connectivity index (χ1) is 12.5. The molecular formula is C19H17FN2O4. The van der Waals surface area contributed by atoms with Crippen molar-refractivity contribution < 1.29 is 23.5 Å². The molecule has 0 aromatic heterocycles. The fraction of sp³-hybridized carbons (Fsp3) is 0.211. The van der Waals surface area contributed by atoms with Gasteiger partial charge in [0.15, 0.2) is 0 Å². The van der Waals surface area contributed by atoms with Crippen molar-refractivity contribution in [2.24, 2.45) is 0 Å². The van der Waals surface area contributed by atoms with Crippen molar-refractivity contribution >= 4 is 17.7 Å². The van der Waals surface area contributed by atoms with Crippen molar-refractivity contribution in [1.29, 1.82) is 0 Å². The van der Waals surface area contributed by atoms with E-state index in [9.17, 15) is 18.8 Å². The van der Waals surface area contributed by atoms with Crippen LogP contribution in [0.15, 0.2) is 48.5 Å². The minimum atomic E-state index is -0.463. The van der Waals surface area contributed by atoms with Gasteiger partial charge in [-0.05, 0) is 36.4 Å². The molecule has 0 unspecified atom stereocenters. The molecule has 6 nitrogen and oxygen atoms in total. The zero-order valence-corrected chi connectivity index (χ0v) is 14.1. The Balaban J connectivity index is 1.52. The minimum absolute atomic E-state index is 0.204. The molecule has 1 aliphatic rings. The third kappa shape index (κ3) is 3.56. The Labute approximate surface area is 149 Å². The summed E-state index contributed by atoms with van der Waals surface area (Å²) in [6.45, 7) is 0.148. The van der Waals surface area contributed by atoms with E-state index in [0.717, 1.165) is 4.90 Å². The quantitative estimate of drug-likeness (QED) is 0.742. The van der Waals surface area contributed by atoms with Gasteiger partial charge in [0.05, 0.1) is 17.7 Å². The zero-order valence-electron chi connectivity index (χ0n) is 14.1. The van der Waals surface area contributed by atoms with Gasteiger partial charge in [0.2, 0.25) is 5.91 Å². The van der Waals surface area contributed by atoms with Crippen molar-refractivity contribution in [3.8, 4) is 5.75 Å². The van der Waals surface area contributed by atoms with Gasteiger partial charge < -0.3 is 9.64 Å². The Morgan fingerprint density at radius 1 is 1.04 bits per heavy atom.